The largest absolute Gasteiger partial charge is 0.306 e. The molecule has 0 aliphatic heterocycles. The Morgan fingerprint density at radius 1 is 1.44 bits per heavy atom. The molecule has 1 N–H and O–H groups in total. The van der Waals surface area contributed by atoms with Crippen LogP contribution in [0.5, 0.6) is 0 Å². The summed E-state index contributed by atoms with van der Waals surface area (Å²) < 4.78 is 0. The second kappa shape index (κ2) is 6.41. The summed E-state index contributed by atoms with van der Waals surface area (Å²) in [5, 5.41) is 3.66. The first kappa shape index (κ1) is 13.6. The molecule has 0 bridgehead atoms. The van der Waals surface area contributed by atoms with Gasteiger partial charge in [0, 0.05) is 28.3 Å². The third-order valence-electron chi connectivity index (χ3n) is 3.79. The van der Waals surface area contributed by atoms with Crippen molar-refractivity contribution in [3.05, 3.63) is 21.4 Å². The number of hydrogen-bond acceptors (Lipinski definition) is 2. The Morgan fingerprint density at radius 3 is 2.89 bits per heavy atom. The molecule has 18 heavy (non-hydrogen) atoms. The third kappa shape index (κ3) is 3.16. The molecule has 0 saturated heterocycles. The molecular formula is C16H23NS. The lowest BCUT2D eigenvalue weighted by atomic mass is 9.99. The van der Waals surface area contributed by atoms with Gasteiger partial charge in [0.15, 0.2) is 0 Å². The van der Waals surface area contributed by atoms with Crippen molar-refractivity contribution in [1.29, 1.82) is 0 Å². The lowest BCUT2D eigenvalue weighted by Crippen LogP contribution is -2.30. The fourth-order valence-corrected chi connectivity index (χ4v) is 3.90. The normalized spacial score (nSPS) is 17.8. The minimum absolute atomic E-state index is 0.430. The number of fused-ring (bicyclic) bond motifs is 1. The Kier molecular flexibility index (Phi) is 4.86. The lowest BCUT2D eigenvalue weighted by molar-refractivity contribution is 0.453. The fraction of sp³-hybridized carbons (Fsp3) is 0.625. The summed E-state index contributed by atoms with van der Waals surface area (Å²) in [5.74, 6) is 2.77. The van der Waals surface area contributed by atoms with E-state index in [0.29, 0.717) is 12.1 Å². The van der Waals surface area contributed by atoms with Crippen molar-refractivity contribution in [2.75, 3.05) is 0 Å². The van der Waals surface area contributed by atoms with Crippen LogP contribution in [-0.4, -0.2) is 6.04 Å². The topological polar surface area (TPSA) is 12.0 Å². The molecule has 1 aromatic rings. The smallest absolute Gasteiger partial charge is 0.0388 e. The van der Waals surface area contributed by atoms with Crippen LogP contribution >= 0.6 is 11.3 Å². The van der Waals surface area contributed by atoms with E-state index in [-0.39, 0.29) is 0 Å². The van der Waals surface area contributed by atoms with E-state index < -0.39 is 0 Å². The van der Waals surface area contributed by atoms with Gasteiger partial charge in [0.1, 0.15) is 0 Å². The SMILES string of the molecule is C#CCC(CC)NC(C)c1cc2c(s1)CCCC2. The van der Waals surface area contributed by atoms with Crippen LogP contribution in [0.2, 0.25) is 0 Å². The van der Waals surface area contributed by atoms with Crippen molar-refractivity contribution in [2.45, 2.75) is 64.5 Å². The van der Waals surface area contributed by atoms with Crippen LogP contribution in [0.3, 0.4) is 0 Å². The zero-order chi connectivity index (χ0) is 13.0. The van der Waals surface area contributed by atoms with Crippen LogP contribution in [0.4, 0.5) is 0 Å². The summed E-state index contributed by atoms with van der Waals surface area (Å²) >= 11 is 2.00. The standard InChI is InChI=1S/C16H23NS/c1-4-8-14(5-2)17-12(3)16-11-13-9-6-7-10-15(13)18-16/h1,11-12,14,17H,5-10H2,2-3H3. The number of terminal acetylenes is 1. The van der Waals surface area contributed by atoms with Crippen LogP contribution in [0.1, 0.15) is 60.9 Å². The minimum atomic E-state index is 0.430. The van der Waals surface area contributed by atoms with Gasteiger partial charge in [-0.15, -0.1) is 23.7 Å². The highest BCUT2D eigenvalue weighted by atomic mass is 32.1. The van der Waals surface area contributed by atoms with Crippen LogP contribution in [0.15, 0.2) is 6.07 Å². The third-order valence-corrected chi connectivity index (χ3v) is 5.20. The van der Waals surface area contributed by atoms with E-state index in [1.54, 1.807) is 10.4 Å². The van der Waals surface area contributed by atoms with Gasteiger partial charge in [0.25, 0.3) is 0 Å². The van der Waals surface area contributed by atoms with E-state index in [2.05, 4.69) is 31.2 Å². The second-order valence-corrected chi connectivity index (χ2v) is 6.37. The van der Waals surface area contributed by atoms with Crippen LogP contribution in [0.25, 0.3) is 0 Å². The van der Waals surface area contributed by atoms with Gasteiger partial charge in [-0.05, 0) is 50.7 Å². The zero-order valence-corrected chi connectivity index (χ0v) is 12.3. The van der Waals surface area contributed by atoms with Gasteiger partial charge in [-0.2, -0.15) is 0 Å². The van der Waals surface area contributed by atoms with Crippen molar-refractivity contribution in [3.63, 3.8) is 0 Å². The predicted molar refractivity (Wildman–Crippen MR) is 80.0 cm³/mol. The average Bonchev–Trinajstić information content (AvgIpc) is 2.82. The molecule has 1 aliphatic carbocycles. The maximum Gasteiger partial charge on any atom is 0.0388 e. The zero-order valence-electron chi connectivity index (χ0n) is 11.5. The van der Waals surface area contributed by atoms with Crippen molar-refractivity contribution in [2.24, 2.45) is 0 Å². The van der Waals surface area contributed by atoms with Crippen molar-refractivity contribution in [3.8, 4) is 12.3 Å². The van der Waals surface area contributed by atoms with Crippen molar-refractivity contribution < 1.29 is 0 Å². The van der Waals surface area contributed by atoms with E-state index in [0.717, 1.165) is 12.8 Å². The van der Waals surface area contributed by atoms with Gasteiger partial charge in [0.05, 0.1) is 0 Å². The number of rotatable bonds is 5. The molecule has 0 fully saturated rings. The molecule has 1 heterocycles. The molecule has 0 aromatic carbocycles. The molecule has 2 heteroatoms. The van der Waals surface area contributed by atoms with Gasteiger partial charge in [-0.3, -0.25) is 0 Å². The fourth-order valence-electron chi connectivity index (χ4n) is 2.63. The van der Waals surface area contributed by atoms with E-state index in [4.69, 9.17) is 6.42 Å². The van der Waals surface area contributed by atoms with Crippen LogP contribution in [-0.2, 0) is 12.8 Å². The number of nitrogens with one attached hydrogen (secondary N) is 1. The predicted octanol–water partition coefficient (Wildman–Crippen LogP) is 4.08. The van der Waals surface area contributed by atoms with Gasteiger partial charge in [0.2, 0.25) is 0 Å². The van der Waals surface area contributed by atoms with Crippen molar-refractivity contribution in [1.82, 2.24) is 5.32 Å². The Hall–Kier alpha value is -0.780. The summed E-state index contributed by atoms with van der Waals surface area (Å²) in [7, 11) is 0. The number of hydrogen-bond donors (Lipinski definition) is 1. The molecular weight excluding hydrogens is 238 g/mol. The first-order valence-corrected chi connectivity index (χ1v) is 7.87. The maximum absolute atomic E-state index is 5.41. The first-order chi connectivity index (χ1) is 8.74. The second-order valence-electron chi connectivity index (χ2n) is 5.21. The first-order valence-electron chi connectivity index (χ1n) is 7.05. The molecule has 0 amide bonds. The Labute approximate surface area is 115 Å². The molecule has 1 aromatic heterocycles. The molecule has 98 valence electrons. The highest BCUT2D eigenvalue weighted by molar-refractivity contribution is 7.12. The minimum Gasteiger partial charge on any atom is -0.306 e. The summed E-state index contributed by atoms with van der Waals surface area (Å²) in [4.78, 5) is 3.10. The Morgan fingerprint density at radius 2 is 2.22 bits per heavy atom. The molecule has 1 aliphatic rings. The number of aryl methyl sites for hydroxylation is 2. The van der Waals surface area contributed by atoms with Crippen LogP contribution in [0, 0.1) is 12.3 Å². The van der Waals surface area contributed by atoms with Gasteiger partial charge < -0.3 is 5.32 Å². The molecule has 2 atom stereocenters. The van der Waals surface area contributed by atoms with Crippen LogP contribution < -0.4 is 5.32 Å². The quantitative estimate of drug-likeness (QED) is 0.788. The van der Waals surface area contributed by atoms with E-state index in [1.165, 1.54) is 30.6 Å². The summed E-state index contributed by atoms with van der Waals surface area (Å²) in [5.41, 5.74) is 1.60. The summed E-state index contributed by atoms with van der Waals surface area (Å²) in [6, 6.07) is 3.29. The molecule has 2 unspecified atom stereocenters. The monoisotopic (exact) mass is 261 g/mol. The molecule has 0 spiro atoms. The van der Waals surface area contributed by atoms with E-state index in [9.17, 15) is 0 Å². The van der Waals surface area contributed by atoms with E-state index in [1.807, 2.05) is 11.3 Å². The average molecular weight is 261 g/mol. The molecule has 0 saturated carbocycles. The number of thiophene rings is 1. The summed E-state index contributed by atoms with van der Waals surface area (Å²) in [6.07, 6.45) is 12.6. The van der Waals surface area contributed by atoms with Crippen molar-refractivity contribution >= 4 is 11.3 Å². The highest BCUT2D eigenvalue weighted by Crippen LogP contribution is 2.33. The molecule has 1 nitrogen and oxygen atoms in total. The van der Waals surface area contributed by atoms with Gasteiger partial charge in [-0.1, -0.05) is 6.92 Å². The van der Waals surface area contributed by atoms with Gasteiger partial charge >= 0.3 is 0 Å². The lowest BCUT2D eigenvalue weighted by Gasteiger charge is -2.19. The Balaban J connectivity index is 2.02. The summed E-state index contributed by atoms with van der Waals surface area (Å²) in [6.45, 7) is 4.46. The molecule has 2 rings (SSSR count). The van der Waals surface area contributed by atoms with Gasteiger partial charge in [-0.25, -0.2) is 0 Å². The van der Waals surface area contributed by atoms with E-state index >= 15 is 0 Å². The Bertz CT molecular complexity index is 403. The molecule has 0 radical (unpaired) electrons. The highest BCUT2D eigenvalue weighted by Gasteiger charge is 2.18. The maximum atomic E-state index is 5.41.